The van der Waals surface area contributed by atoms with Gasteiger partial charge >= 0.3 is 5.97 Å². The molecule has 0 bridgehead atoms. The Morgan fingerprint density at radius 2 is 2.04 bits per heavy atom. The van der Waals surface area contributed by atoms with Gasteiger partial charge in [0.15, 0.2) is 5.84 Å². The molecule has 3 heterocycles. The highest BCUT2D eigenvalue weighted by atomic mass is 79.9. The standard InChI is InChI=1S/C18H17BrN4O2/c1-3-25-18(24)14-11(2)22-17(13-8-4-5-9-20-13)23-15(14)12-7-6-10-21-16(12)19/h4-10,15H,3H2,1-2H3,(H,22,23). The monoisotopic (exact) mass is 400 g/mol. The predicted octanol–water partition coefficient (Wildman–Crippen LogP) is 3.17. The molecule has 0 saturated carbocycles. The van der Waals surface area contributed by atoms with Crippen molar-refractivity contribution in [2.45, 2.75) is 19.9 Å². The molecule has 1 N–H and O–H groups in total. The molecule has 1 atom stereocenters. The Bertz CT molecular complexity index is 849. The van der Waals surface area contributed by atoms with Crippen molar-refractivity contribution in [3.8, 4) is 0 Å². The van der Waals surface area contributed by atoms with Crippen LogP contribution in [0.3, 0.4) is 0 Å². The van der Waals surface area contributed by atoms with Gasteiger partial charge in [-0.05, 0) is 48.0 Å². The first-order valence-electron chi connectivity index (χ1n) is 7.86. The number of amidine groups is 1. The van der Waals surface area contributed by atoms with E-state index in [0.29, 0.717) is 34.0 Å². The Balaban J connectivity index is 2.11. The van der Waals surface area contributed by atoms with E-state index >= 15 is 0 Å². The second kappa shape index (κ2) is 7.57. The molecule has 0 saturated heterocycles. The number of esters is 1. The van der Waals surface area contributed by atoms with Crippen LogP contribution in [0.1, 0.15) is 31.1 Å². The van der Waals surface area contributed by atoms with E-state index in [9.17, 15) is 4.79 Å². The van der Waals surface area contributed by atoms with Gasteiger partial charge in [0, 0.05) is 23.7 Å². The molecule has 0 fully saturated rings. The number of nitrogens with zero attached hydrogens (tertiary/aromatic N) is 3. The van der Waals surface area contributed by atoms with Crippen molar-refractivity contribution in [2.24, 2.45) is 4.99 Å². The third-order valence-electron chi connectivity index (χ3n) is 3.73. The highest BCUT2D eigenvalue weighted by Gasteiger charge is 2.32. The molecule has 7 heteroatoms. The molecule has 25 heavy (non-hydrogen) atoms. The number of halogens is 1. The molecule has 2 aromatic rings. The second-order valence-corrected chi connectivity index (χ2v) is 6.11. The first-order chi connectivity index (χ1) is 12.1. The zero-order chi connectivity index (χ0) is 17.8. The molecule has 3 rings (SSSR count). The molecule has 1 aliphatic heterocycles. The number of nitrogens with one attached hydrogen (secondary N) is 1. The zero-order valence-corrected chi connectivity index (χ0v) is 15.4. The van der Waals surface area contributed by atoms with Crippen LogP contribution >= 0.6 is 15.9 Å². The summed E-state index contributed by atoms with van der Waals surface area (Å²) in [5.41, 5.74) is 2.65. The lowest BCUT2D eigenvalue weighted by molar-refractivity contribution is -0.138. The SMILES string of the molecule is CCOC(=O)C1=C(C)NC(c2ccccn2)=NC1c1cccnc1Br. The Morgan fingerprint density at radius 3 is 2.72 bits per heavy atom. The Labute approximate surface area is 154 Å². The molecular formula is C18H17BrN4O2. The number of allylic oxidation sites excluding steroid dienone is 1. The topological polar surface area (TPSA) is 76.5 Å². The minimum absolute atomic E-state index is 0.299. The van der Waals surface area contributed by atoms with Crippen molar-refractivity contribution in [1.29, 1.82) is 0 Å². The number of ether oxygens (including phenoxy) is 1. The molecule has 0 spiro atoms. The van der Waals surface area contributed by atoms with Gasteiger partial charge in [0.2, 0.25) is 0 Å². The minimum Gasteiger partial charge on any atom is -0.463 e. The summed E-state index contributed by atoms with van der Waals surface area (Å²) in [6.07, 6.45) is 3.38. The first kappa shape index (κ1) is 17.3. The average molecular weight is 401 g/mol. The largest absolute Gasteiger partial charge is 0.463 e. The fraction of sp³-hybridized carbons (Fsp3) is 0.222. The van der Waals surface area contributed by atoms with Crippen LogP contribution in [0.15, 0.2) is 63.6 Å². The smallest absolute Gasteiger partial charge is 0.338 e. The van der Waals surface area contributed by atoms with Gasteiger partial charge in [0.25, 0.3) is 0 Å². The summed E-state index contributed by atoms with van der Waals surface area (Å²) in [5.74, 6) is 0.212. The van der Waals surface area contributed by atoms with E-state index in [1.165, 1.54) is 0 Å². The lowest BCUT2D eigenvalue weighted by Gasteiger charge is -2.26. The van der Waals surface area contributed by atoms with E-state index in [-0.39, 0.29) is 0 Å². The lowest BCUT2D eigenvalue weighted by atomic mass is 9.97. The van der Waals surface area contributed by atoms with Gasteiger partial charge in [-0.2, -0.15) is 0 Å². The molecule has 2 aromatic heterocycles. The van der Waals surface area contributed by atoms with Crippen LogP contribution in [0.2, 0.25) is 0 Å². The van der Waals surface area contributed by atoms with Crippen LogP contribution in [0, 0.1) is 0 Å². The summed E-state index contributed by atoms with van der Waals surface area (Å²) < 4.78 is 5.87. The lowest BCUT2D eigenvalue weighted by Crippen LogP contribution is -2.33. The van der Waals surface area contributed by atoms with Crippen LogP contribution in [0.25, 0.3) is 0 Å². The number of carbonyl (C=O) groups excluding carboxylic acids is 1. The van der Waals surface area contributed by atoms with Gasteiger partial charge in [-0.3, -0.25) is 9.98 Å². The van der Waals surface area contributed by atoms with Crippen molar-refractivity contribution in [2.75, 3.05) is 6.61 Å². The molecular weight excluding hydrogens is 384 g/mol. The van der Waals surface area contributed by atoms with E-state index in [4.69, 9.17) is 9.73 Å². The fourth-order valence-electron chi connectivity index (χ4n) is 2.61. The van der Waals surface area contributed by atoms with Gasteiger partial charge in [-0.1, -0.05) is 12.1 Å². The molecule has 128 valence electrons. The number of rotatable bonds is 4. The highest BCUT2D eigenvalue weighted by molar-refractivity contribution is 9.10. The van der Waals surface area contributed by atoms with E-state index in [2.05, 4.69) is 31.2 Å². The van der Waals surface area contributed by atoms with Crippen LogP contribution in [-0.4, -0.2) is 28.4 Å². The van der Waals surface area contributed by atoms with Crippen LogP contribution in [0.4, 0.5) is 0 Å². The molecule has 1 unspecified atom stereocenters. The Kier molecular flexibility index (Phi) is 5.23. The van der Waals surface area contributed by atoms with Gasteiger partial charge in [-0.25, -0.2) is 9.78 Å². The number of carbonyl (C=O) groups is 1. The van der Waals surface area contributed by atoms with Crippen molar-refractivity contribution in [1.82, 2.24) is 15.3 Å². The molecule has 6 nitrogen and oxygen atoms in total. The van der Waals surface area contributed by atoms with Crippen molar-refractivity contribution in [3.63, 3.8) is 0 Å². The molecule has 0 aromatic carbocycles. The minimum atomic E-state index is -0.527. The fourth-order valence-corrected chi connectivity index (χ4v) is 3.08. The van der Waals surface area contributed by atoms with Crippen molar-refractivity contribution < 1.29 is 9.53 Å². The number of pyridine rings is 2. The molecule has 0 aliphatic carbocycles. The van der Waals surface area contributed by atoms with Crippen LogP contribution < -0.4 is 5.32 Å². The third kappa shape index (κ3) is 3.61. The highest BCUT2D eigenvalue weighted by Crippen LogP contribution is 2.35. The third-order valence-corrected chi connectivity index (χ3v) is 4.39. The van der Waals surface area contributed by atoms with Gasteiger partial charge < -0.3 is 10.1 Å². The van der Waals surface area contributed by atoms with Crippen molar-refractivity contribution >= 4 is 27.7 Å². The second-order valence-electron chi connectivity index (χ2n) is 5.36. The van der Waals surface area contributed by atoms with Gasteiger partial charge in [0.1, 0.15) is 16.3 Å². The first-order valence-corrected chi connectivity index (χ1v) is 8.65. The summed E-state index contributed by atoms with van der Waals surface area (Å²) in [6, 6.07) is 8.77. The van der Waals surface area contributed by atoms with E-state index < -0.39 is 12.0 Å². The maximum absolute atomic E-state index is 12.5. The van der Waals surface area contributed by atoms with Gasteiger partial charge in [-0.15, -0.1) is 0 Å². The van der Waals surface area contributed by atoms with E-state index in [1.807, 2.05) is 37.3 Å². The zero-order valence-electron chi connectivity index (χ0n) is 13.9. The maximum Gasteiger partial charge on any atom is 0.338 e. The van der Waals surface area contributed by atoms with Crippen LogP contribution in [0.5, 0.6) is 0 Å². The van der Waals surface area contributed by atoms with Gasteiger partial charge in [0.05, 0.1) is 12.2 Å². The number of aromatic nitrogens is 2. The summed E-state index contributed by atoms with van der Waals surface area (Å²) in [5, 5.41) is 3.17. The predicted molar refractivity (Wildman–Crippen MR) is 97.9 cm³/mol. The van der Waals surface area contributed by atoms with E-state index in [1.54, 1.807) is 19.3 Å². The summed E-state index contributed by atoms with van der Waals surface area (Å²) in [6.45, 7) is 3.91. The normalized spacial score (nSPS) is 16.9. The molecule has 1 aliphatic rings. The van der Waals surface area contributed by atoms with Crippen LogP contribution in [-0.2, 0) is 9.53 Å². The Hall–Kier alpha value is -2.54. The summed E-state index contributed by atoms with van der Waals surface area (Å²) >= 11 is 3.45. The number of aliphatic imine (C=N–C) groups is 1. The summed E-state index contributed by atoms with van der Waals surface area (Å²) in [7, 11) is 0. The van der Waals surface area contributed by atoms with E-state index in [0.717, 1.165) is 5.56 Å². The van der Waals surface area contributed by atoms with Crippen molar-refractivity contribution in [3.05, 3.63) is 69.9 Å². The molecule has 0 radical (unpaired) electrons. The maximum atomic E-state index is 12.5. The quantitative estimate of drug-likeness (QED) is 0.629. The number of hydrogen-bond donors (Lipinski definition) is 1. The Morgan fingerprint density at radius 1 is 1.24 bits per heavy atom. The molecule has 0 amide bonds. The number of hydrogen-bond acceptors (Lipinski definition) is 6. The summed E-state index contributed by atoms with van der Waals surface area (Å²) in [4.78, 5) is 25.8. The average Bonchev–Trinajstić information content (AvgIpc) is 2.62.